The summed E-state index contributed by atoms with van der Waals surface area (Å²) in [6.07, 6.45) is 2.31. The SMILES string of the molecule is CCOc1ncccc1CNC(=O)CCc1nc(-c2ccc(C(C)C)cc2)no1. The molecule has 1 amide bonds. The fourth-order valence-electron chi connectivity index (χ4n) is 2.82. The molecule has 2 aromatic heterocycles. The molecule has 7 heteroatoms. The van der Waals surface area contributed by atoms with Crippen molar-refractivity contribution in [3.05, 3.63) is 59.6 Å². The summed E-state index contributed by atoms with van der Waals surface area (Å²) in [5.74, 6) is 1.89. The third-order valence-corrected chi connectivity index (χ3v) is 4.48. The predicted octanol–water partition coefficient (Wildman–Crippen LogP) is 3.90. The third-order valence-electron chi connectivity index (χ3n) is 4.48. The summed E-state index contributed by atoms with van der Waals surface area (Å²) in [7, 11) is 0. The van der Waals surface area contributed by atoms with Crippen LogP contribution in [0.5, 0.6) is 5.88 Å². The van der Waals surface area contributed by atoms with E-state index in [1.54, 1.807) is 6.20 Å². The second kappa shape index (κ2) is 9.82. The van der Waals surface area contributed by atoms with Crippen LogP contribution < -0.4 is 10.1 Å². The Morgan fingerprint density at radius 2 is 2.00 bits per heavy atom. The molecule has 0 bridgehead atoms. The lowest BCUT2D eigenvalue weighted by atomic mass is 10.0. The predicted molar refractivity (Wildman–Crippen MR) is 109 cm³/mol. The van der Waals surface area contributed by atoms with Crippen LogP contribution in [-0.2, 0) is 17.8 Å². The second-order valence-electron chi connectivity index (χ2n) is 6.97. The maximum Gasteiger partial charge on any atom is 0.227 e. The number of nitrogens with one attached hydrogen (secondary N) is 1. The van der Waals surface area contributed by atoms with Crippen molar-refractivity contribution in [2.75, 3.05) is 6.61 Å². The summed E-state index contributed by atoms with van der Waals surface area (Å²) >= 11 is 0. The molecule has 0 atom stereocenters. The average Bonchev–Trinajstić information content (AvgIpc) is 3.21. The van der Waals surface area contributed by atoms with E-state index in [2.05, 4.69) is 46.4 Å². The maximum absolute atomic E-state index is 12.2. The van der Waals surface area contributed by atoms with Gasteiger partial charge in [0.15, 0.2) is 0 Å². The molecule has 3 aromatic rings. The first-order valence-corrected chi connectivity index (χ1v) is 9.83. The lowest BCUT2D eigenvalue weighted by Gasteiger charge is -2.09. The van der Waals surface area contributed by atoms with E-state index >= 15 is 0 Å². The number of benzene rings is 1. The highest BCUT2D eigenvalue weighted by Gasteiger charge is 2.12. The van der Waals surface area contributed by atoms with Crippen LogP contribution in [0.25, 0.3) is 11.4 Å². The minimum atomic E-state index is -0.0997. The number of nitrogens with zero attached hydrogens (tertiary/aromatic N) is 3. The molecule has 1 aromatic carbocycles. The van der Waals surface area contributed by atoms with Gasteiger partial charge in [-0.2, -0.15) is 4.98 Å². The Hall–Kier alpha value is -3.22. The topological polar surface area (TPSA) is 90.1 Å². The summed E-state index contributed by atoms with van der Waals surface area (Å²) in [5.41, 5.74) is 3.00. The average molecular weight is 394 g/mol. The molecule has 0 saturated heterocycles. The molecule has 2 heterocycles. The quantitative estimate of drug-likeness (QED) is 0.592. The lowest BCUT2D eigenvalue weighted by Crippen LogP contribution is -2.23. The number of aromatic nitrogens is 3. The molecule has 0 unspecified atom stereocenters. The van der Waals surface area contributed by atoms with Crippen molar-refractivity contribution < 1.29 is 14.1 Å². The largest absolute Gasteiger partial charge is 0.478 e. The highest BCUT2D eigenvalue weighted by atomic mass is 16.5. The number of aryl methyl sites for hydroxylation is 1. The first-order valence-electron chi connectivity index (χ1n) is 9.83. The molecule has 0 fully saturated rings. The molecule has 152 valence electrons. The van der Waals surface area contributed by atoms with Crippen LogP contribution in [0.3, 0.4) is 0 Å². The summed E-state index contributed by atoms with van der Waals surface area (Å²) in [5, 5.41) is 6.90. The minimum Gasteiger partial charge on any atom is -0.478 e. The van der Waals surface area contributed by atoms with Crippen LogP contribution in [0, 0.1) is 0 Å². The van der Waals surface area contributed by atoms with E-state index in [1.807, 2.05) is 31.2 Å². The van der Waals surface area contributed by atoms with Gasteiger partial charge in [-0.3, -0.25) is 4.79 Å². The van der Waals surface area contributed by atoms with Gasteiger partial charge in [-0.25, -0.2) is 4.98 Å². The van der Waals surface area contributed by atoms with E-state index < -0.39 is 0 Å². The van der Waals surface area contributed by atoms with Crippen LogP contribution in [0.1, 0.15) is 50.1 Å². The molecule has 0 spiro atoms. The molecule has 0 radical (unpaired) electrons. The number of hydrogen-bond acceptors (Lipinski definition) is 6. The van der Waals surface area contributed by atoms with Crippen LogP contribution in [0.2, 0.25) is 0 Å². The summed E-state index contributed by atoms with van der Waals surface area (Å²) < 4.78 is 10.8. The smallest absolute Gasteiger partial charge is 0.227 e. The van der Waals surface area contributed by atoms with Crippen molar-refractivity contribution in [3.8, 4) is 17.3 Å². The summed E-state index contributed by atoms with van der Waals surface area (Å²) in [4.78, 5) is 20.8. The van der Waals surface area contributed by atoms with Gasteiger partial charge in [0, 0.05) is 36.7 Å². The molecule has 0 saturated carbocycles. The van der Waals surface area contributed by atoms with Gasteiger partial charge in [-0.05, 0) is 24.5 Å². The van der Waals surface area contributed by atoms with Gasteiger partial charge in [-0.1, -0.05) is 49.3 Å². The summed E-state index contributed by atoms with van der Waals surface area (Å²) in [6, 6.07) is 11.8. The highest BCUT2D eigenvalue weighted by Crippen LogP contribution is 2.21. The van der Waals surface area contributed by atoms with Gasteiger partial charge in [0.1, 0.15) is 0 Å². The van der Waals surface area contributed by atoms with Crippen molar-refractivity contribution in [1.29, 1.82) is 0 Å². The molecule has 3 rings (SSSR count). The van der Waals surface area contributed by atoms with Crippen molar-refractivity contribution >= 4 is 5.91 Å². The molecule has 29 heavy (non-hydrogen) atoms. The van der Waals surface area contributed by atoms with Gasteiger partial charge in [0.05, 0.1) is 6.61 Å². The number of amides is 1. The van der Waals surface area contributed by atoms with Crippen LogP contribution in [0.4, 0.5) is 0 Å². The number of ether oxygens (including phenoxy) is 1. The fourth-order valence-corrected chi connectivity index (χ4v) is 2.82. The van der Waals surface area contributed by atoms with E-state index in [0.717, 1.165) is 11.1 Å². The Labute approximate surface area is 170 Å². The Morgan fingerprint density at radius 1 is 1.21 bits per heavy atom. The fraction of sp³-hybridized carbons (Fsp3) is 0.364. The Bertz CT molecular complexity index is 935. The van der Waals surface area contributed by atoms with Gasteiger partial charge < -0.3 is 14.6 Å². The molecule has 1 N–H and O–H groups in total. The molecule has 7 nitrogen and oxygen atoms in total. The maximum atomic E-state index is 12.2. The first kappa shape index (κ1) is 20.5. The number of hydrogen-bond donors (Lipinski definition) is 1. The molecule has 0 aliphatic heterocycles. The zero-order chi connectivity index (χ0) is 20.6. The van der Waals surface area contributed by atoms with Crippen molar-refractivity contribution in [3.63, 3.8) is 0 Å². The highest BCUT2D eigenvalue weighted by molar-refractivity contribution is 5.76. The number of pyridine rings is 1. The van der Waals surface area contributed by atoms with E-state index in [-0.39, 0.29) is 12.3 Å². The third kappa shape index (κ3) is 5.63. The van der Waals surface area contributed by atoms with Gasteiger partial charge in [0.2, 0.25) is 23.5 Å². The van der Waals surface area contributed by atoms with Crippen molar-refractivity contribution in [2.45, 2.75) is 46.1 Å². The molecular formula is C22H26N4O3. The first-order chi connectivity index (χ1) is 14.1. The number of carbonyl (C=O) groups is 1. The zero-order valence-corrected chi connectivity index (χ0v) is 17.0. The zero-order valence-electron chi connectivity index (χ0n) is 17.0. The molecular weight excluding hydrogens is 368 g/mol. The second-order valence-corrected chi connectivity index (χ2v) is 6.97. The Morgan fingerprint density at radius 3 is 2.72 bits per heavy atom. The van der Waals surface area contributed by atoms with Crippen LogP contribution in [-0.4, -0.2) is 27.6 Å². The van der Waals surface area contributed by atoms with E-state index in [0.29, 0.717) is 43.1 Å². The van der Waals surface area contributed by atoms with E-state index in [1.165, 1.54) is 5.56 Å². The molecule has 0 aliphatic rings. The standard InChI is InChI=1S/C22H26N4O3/c1-4-28-22-18(6-5-13-23-22)14-24-19(27)11-12-20-25-21(26-29-20)17-9-7-16(8-10-17)15(2)3/h5-10,13,15H,4,11-12,14H2,1-3H3,(H,24,27). The monoisotopic (exact) mass is 394 g/mol. The molecule has 0 aliphatic carbocycles. The van der Waals surface area contributed by atoms with Crippen LogP contribution >= 0.6 is 0 Å². The minimum absolute atomic E-state index is 0.0997. The van der Waals surface area contributed by atoms with Gasteiger partial charge >= 0.3 is 0 Å². The van der Waals surface area contributed by atoms with Crippen molar-refractivity contribution in [2.24, 2.45) is 0 Å². The summed E-state index contributed by atoms with van der Waals surface area (Å²) in [6.45, 7) is 7.09. The normalized spacial score (nSPS) is 10.9. The van der Waals surface area contributed by atoms with Crippen molar-refractivity contribution in [1.82, 2.24) is 20.4 Å². The lowest BCUT2D eigenvalue weighted by molar-refractivity contribution is -0.121. The van der Waals surface area contributed by atoms with E-state index in [4.69, 9.17) is 9.26 Å². The number of carbonyl (C=O) groups excluding carboxylic acids is 1. The number of rotatable bonds is 9. The van der Waals surface area contributed by atoms with Gasteiger partial charge in [-0.15, -0.1) is 0 Å². The Kier molecular flexibility index (Phi) is 6.94. The van der Waals surface area contributed by atoms with E-state index in [9.17, 15) is 4.79 Å². The van der Waals surface area contributed by atoms with Gasteiger partial charge in [0.25, 0.3) is 0 Å². The Balaban J connectivity index is 1.51. The van der Waals surface area contributed by atoms with Crippen LogP contribution in [0.15, 0.2) is 47.1 Å².